The average Bonchev–Trinajstić information content (AvgIpc) is 2.62. The van der Waals surface area contributed by atoms with Crippen LogP contribution in [0.2, 0.25) is 0 Å². The maximum absolute atomic E-state index is 10.0. The summed E-state index contributed by atoms with van der Waals surface area (Å²) in [7, 11) is 0. The monoisotopic (exact) mass is 372 g/mol. The molecule has 0 bridgehead atoms. The quantitative estimate of drug-likeness (QED) is 0.221. The van der Waals surface area contributed by atoms with Gasteiger partial charge in [0.25, 0.3) is 0 Å². The summed E-state index contributed by atoms with van der Waals surface area (Å²) in [5.74, 6) is 0. The zero-order valence-corrected chi connectivity index (χ0v) is 13.1. The Morgan fingerprint density at radius 3 is 1.92 bits per heavy atom. The van der Waals surface area contributed by atoms with Crippen molar-refractivity contribution >= 4 is 0 Å². The van der Waals surface area contributed by atoms with E-state index in [0.717, 1.165) is 0 Å². The second kappa shape index (κ2) is 8.04. The summed E-state index contributed by atoms with van der Waals surface area (Å²) in [4.78, 5) is 0. The zero-order chi connectivity index (χ0) is 18.9. The third-order valence-electron chi connectivity index (χ3n) is 4.51. The van der Waals surface area contributed by atoms with Gasteiger partial charge >= 0.3 is 0 Å². The van der Waals surface area contributed by atoms with Crippen molar-refractivity contribution in [2.45, 2.75) is 60.9 Å². The maximum Gasteiger partial charge on any atom is 0.187 e. The second-order valence-corrected chi connectivity index (χ2v) is 6.12. The lowest BCUT2D eigenvalue weighted by atomic mass is 9.87. The van der Waals surface area contributed by atoms with Crippen LogP contribution < -0.4 is 0 Å². The summed E-state index contributed by atoms with van der Waals surface area (Å²) in [6.45, 7) is -2.59. The van der Waals surface area contributed by atoms with Crippen molar-refractivity contribution in [1.29, 1.82) is 0 Å². The van der Waals surface area contributed by atoms with Crippen LogP contribution in [-0.4, -0.2) is 127 Å². The molecule has 2 heterocycles. The minimum Gasteiger partial charge on any atom is -0.394 e. The molecule has 0 aromatic carbocycles. The highest BCUT2D eigenvalue weighted by Crippen LogP contribution is 2.33. The van der Waals surface area contributed by atoms with Gasteiger partial charge in [-0.15, -0.1) is 0 Å². The molecule has 0 aromatic rings. The SMILES string of the molecule is OC[C@H]1OC(O)[C@H](O)[C@@H](O)[C@H]1O[C@@H]1OC(CO)(CO)[C@H](O)[C@H](O)[C@H]1O. The van der Waals surface area contributed by atoms with Crippen LogP contribution in [0.4, 0.5) is 0 Å². The molecule has 12 heteroatoms. The van der Waals surface area contributed by atoms with Crippen molar-refractivity contribution in [3.63, 3.8) is 0 Å². The summed E-state index contributed by atoms with van der Waals surface area (Å²) in [6, 6.07) is 0. The lowest BCUT2D eigenvalue weighted by Gasteiger charge is -2.49. The van der Waals surface area contributed by atoms with E-state index in [1.54, 1.807) is 0 Å². The van der Waals surface area contributed by atoms with Crippen LogP contribution >= 0.6 is 0 Å². The third-order valence-corrected chi connectivity index (χ3v) is 4.51. The van der Waals surface area contributed by atoms with Crippen LogP contribution in [0.1, 0.15) is 0 Å². The Labute approximate surface area is 142 Å². The Balaban J connectivity index is 2.21. The fourth-order valence-corrected chi connectivity index (χ4v) is 2.84. The Morgan fingerprint density at radius 1 is 0.800 bits per heavy atom. The van der Waals surface area contributed by atoms with Gasteiger partial charge in [0.2, 0.25) is 0 Å². The van der Waals surface area contributed by atoms with Crippen molar-refractivity contribution in [3.05, 3.63) is 0 Å². The molecule has 9 N–H and O–H groups in total. The number of ether oxygens (including phenoxy) is 3. The normalized spacial score (nSPS) is 47.6. The Hall–Kier alpha value is -0.480. The van der Waals surface area contributed by atoms with Gasteiger partial charge in [0.1, 0.15) is 48.3 Å². The Kier molecular flexibility index (Phi) is 6.70. The van der Waals surface area contributed by atoms with E-state index >= 15 is 0 Å². The maximum atomic E-state index is 10.0. The molecule has 148 valence electrons. The van der Waals surface area contributed by atoms with E-state index in [0.29, 0.717) is 0 Å². The van der Waals surface area contributed by atoms with E-state index in [2.05, 4.69) is 0 Å². The molecule has 2 fully saturated rings. The predicted molar refractivity (Wildman–Crippen MR) is 74.6 cm³/mol. The highest BCUT2D eigenvalue weighted by Gasteiger charge is 2.55. The van der Waals surface area contributed by atoms with E-state index in [1.165, 1.54) is 0 Å². The molecule has 2 saturated heterocycles. The summed E-state index contributed by atoms with van der Waals surface area (Å²) >= 11 is 0. The van der Waals surface area contributed by atoms with Crippen LogP contribution in [0.15, 0.2) is 0 Å². The predicted octanol–water partition coefficient (Wildman–Crippen LogP) is -6.03. The van der Waals surface area contributed by atoms with Crippen LogP contribution in [0.25, 0.3) is 0 Å². The molecule has 2 rings (SSSR count). The van der Waals surface area contributed by atoms with E-state index in [9.17, 15) is 46.0 Å². The largest absolute Gasteiger partial charge is 0.394 e. The molecular weight excluding hydrogens is 348 g/mol. The third kappa shape index (κ3) is 3.66. The number of aliphatic hydroxyl groups is 9. The molecule has 0 saturated carbocycles. The van der Waals surface area contributed by atoms with E-state index in [4.69, 9.17) is 14.2 Å². The first-order valence-corrected chi connectivity index (χ1v) is 7.62. The lowest BCUT2D eigenvalue weighted by Crippen LogP contribution is -2.69. The summed E-state index contributed by atoms with van der Waals surface area (Å²) in [6.07, 6.45) is -15.5. The summed E-state index contributed by atoms with van der Waals surface area (Å²) < 4.78 is 15.4. The molecule has 0 aliphatic carbocycles. The van der Waals surface area contributed by atoms with Gasteiger partial charge in [0.15, 0.2) is 12.6 Å². The van der Waals surface area contributed by atoms with Gasteiger partial charge in [-0.05, 0) is 0 Å². The highest BCUT2D eigenvalue weighted by molar-refractivity contribution is 5.00. The topological polar surface area (TPSA) is 210 Å². The molecule has 0 aromatic heterocycles. The average molecular weight is 372 g/mol. The summed E-state index contributed by atoms with van der Waals surface area (Å²) in [5, 5.41) is 87.0. The molecule has 12 nitrogen and oxygen atoms in total. The fourth-order valence-electron chi connectivity index (χ4n) is 2.84. The van der Waals surface area contributed by atoms with Gasteiger partial charge in [0.05, 0.1) is 19.8 Å². The van der Waals surface area contributed by atoms with Crippen LogP contribution in [0, 0.1) is 0 Å². The first-order chi connectivity index (χ1) is 11.7. The van der Waals surface area contributed by atoms with Crippen LogP contribution in [0.3, 0.4) is 0 Å². The van der Waals surface area contributed by atoms with Crippen molar-refractivity contribution in [2.24, 2.45) is 0 Å². The minimum atomic E-state index is -2.06. The zero-order valence-electron chi connectivity index (χ0n) is 13.1. The summed E-state index contributed by atoms with van der Waals surface area (Å²) in [5.41, 5.74) is -2.06. The number of hydrogen-bond acceptors (Lipinski definition) is 12. The van der Waals surface area contributed by atoms with E-state index in [-0.39, 0.29) is 0 Å². The molecule has 0 spiro atoms. The Morgan fingerprint density at radius 2 is 1.40 bits per heavy atom. The van der Waals surface area contributed by atoms with Crippen LogP contribution in [0.5, 0.6) is 0 Å². The molecule has 2 aliphatic heterocycles. The standard InChI is InChI=1S/C13H24O12/c14-1-4-9(5(17)7(19)11(22)23-4)24-12-8(20)6(18)10(21)13(2-15,3-16)25-12/h4-12,14-22H,1-3H2/t4-,5-,6-,7-,8-,9+,10-,11?,12-/m1/s1. The van der Waals surface area contributed by atoms with Gasteiger partial charge in [-0.1, -0.05) is 0 Å². The van der Waals surface area contributed by atoms with Crippen molar-refractivity contribution in [3.8, 4) is 0 Å². The van der Waals surface area contributed by atoms with Crippen molar-refractivity contribution in [2.75, 3.05) is 19.8 Å². The molecule has 9 atom stereocenters. The smallest absolute Gasteiger partial charge is 0.187 e. The van der Waals surface area contributed by atoms with E-state index < -0.39 is 80.7 Å². The molecule has 1 unspecified atom stereocenters. The minimum absolute atomic E-state index is 0.732. The van der Waals surface area contributed by atoms with Gasteiger partial charge in [-0.2, -0.15) is 0 Å². The lowest BCUT2D eigenvalue weighted by molar-refractivity contribution is -0.378. The molecule has 25 heavy (non-hydrogen) atoms. The first kappa shape index (κ1) is 20.8. The van der Waals surface area contributed by atoms with Gasteiger partial charge < -0.3 is 60.2 Å². The number of rotatable bonds is 5. The first-order valence-electron chi connectivity index (χ1n) is 7.62. The number of aliphatic hydroxyl groups excluding tert-OH is 9. The van der Waals surface area contributed by atoms with Crippen LogP contribution in [-0.2, 0) is 14.2 Å². The Bertz CT molecular complexity index is 429. The second-order valence-electron chi connectivity index (χ2n) is 6.12. The highest BCUT2D eigenvalue weighted by atomic mass is 16.7. The van der Waals surface area contributed by atoms with Crippen molar-refractivity contribution < 1.29 is 60.2 Å². The van der Waals surface area contributed by atoms with Gasteiger partial charge in [-0.3, -0.25) is 0 Å². The van der Waals surface area contributed by atoms with E-state index in [1.807, 2.05) is 0 Å². The van der Waals surface area contributed by atoms with Crippen molar-refractivity contribution in [1.82, 2.24) is 0 Å². The fraction of sp³-hybridized carbons (Fsp3) is 1.00. The molecule has 2 aliphatic rings. The van der Waals surface area contributed by atoms with Gasteiger partial charge in [-0.25, -0.2) is 0 Å². The molecule has 0 amide bonds. The van der Waals surface area contributed by atoms with Gasteiger partial charge in [0, 0.05) is 0 Å². The number of hydrogen-bond donors (Lipinski definition) is 9. The molecular formula is C13H24O12. The molecule has 0 radical (unpaired) electrons.